The van der Waals surface area contributed by atoms with Gasteiger partial charge in [-0.25, -0.2) is 0 Å². The molecule has 0 aliphatic carbocycles. The molecule has 1 aromatic carbocycles. The molecule has 1 heterocycles. The van der Waals surface area contributed by atoms with E-state index < -0.39 is 0 Å². The van der Waals surface area contributed by atoms with Gasteiger partial charge < -0.3 is 10.6 Å². The lowest BCUT2D eigenvalue weighted by molar-refractivity contribution is 0.926. The van der Waals surface area contributed by atoms with Crippen molar-refractivity contribution in [3.05, 3.63) is 23.8 Å². The Morgan fingerprint density at radius 2 is 2.07 bits per heavy atom. The van der Waals surface area contributed by atoms with Crippen molar-refractivity contribution in [1.29, 1.82) is 0 Å². The second-order valence-electron chi connectivity index (χ2n) is 3.86. The molecule has 82 valence electrons. The number of hydrogen-bond acceptors (Lipinski definition) is 3. The van der Waals surface area contributed by atoms with Crippen LogP contribution in [0.25, 0.3) is 0 Å². The number of nitrogens with zero attached hydrogens (tertiary/aromatic N) is 1. The number of hydrogen-bond donors (Lipinski definition) is 1. The summed E-state index contributed by atoms with van der Waals surface area (Å²) >= 11 is 1.79. The van der Waals surface area contributed by atoms with Crippen LogP contribution in [0.3, 0.4) is 0 Å². The first-order valence-electron chi connectivity index (χ1n) is 5.47. The van der Waals surface area contributed by atoms with E-state index in [4.69, 9.17) is 5.73 Å². The molecule has 1 aromatic rings. The highest BCUT2D eigenvalue weighted by molar-refractivity contribution is 7.98. The van der Waals surface area contributed by atoms with E-state index in [1.165, 1.54) is 42.1 Å². The highest BCUT2D eigenvalue weighted by Crippen LogP contribution is 2.31. The van der Waals surface area contributed by atoms with Crippen LogP contribution in [0.2, 0.25) is 0 Å². The van der Waals surface area contributed by atoms with Gasteiger partial charge >= 0.3 is 0 Å². The Labute approximate surface area is 95.8 Å². The fourth-order valence-electron chi connectivity index (χ4n) is 2.20. The van der Waals surface area contributed by atoms with Crippen LogP contribution in [0, 0.1) is 0 Å². The summed E-state index contributed by atoms with van der Waals surface area (Å²) in [7, 11) is 0. The molecule has 1 aliphatic rings. The summed E-state index contributed by atoms with van der Waals surface area (Å²) in [5.41, 5.74) is 8.52. The number of benzene rings is 1. The number of thioether (sulfide) groups is 1. The molecule has 2 nitrogen and oxygen atoms in total. The second-order valence-corrected chi connectivity index (χ2v) is 4.70. The largest absolute Gasteiger partial charge is 0.371 e. The van der Waals surface area contributed by atoms with Crippen LogP contribution in [0.4, 0.5) is 5.69 Å². The Kier molecular flexibility index (Phi) is 3.54. The molecule has 1 aliphatic heterocycles. The standard InChI is InChI=1S/C12H18N2S/c1-15-12-6-4-5-11(10(12)9-13)14-7-2-3-8-14/h4-6H,2-3,7-9,13H2,1H3. The summed E-state index contributed by atoms with van der Waals surface area (Å²) < 4.78 is 0. The van der Waals surface area contributed by atoms with Gasteiger partial charge in [-0.3, -0.25) is 0 Å². The molecule has 1 fully saturated rings. The normalized spacial score (nSPS) is 16.0. The molecule has 0 atom stereocenters. The van der Waals surface area contributed by atoms with Gasteiger partial charge in [0.1, 0.15) is 0 Å². The molecule has 1 saturated heterocycles. The maximum atomic E-state index is 5.85. The van der Waals surface area contributed by atoms with Gasteiger partial charge in [-0.05, 0) is 31.2 Å². The molecule has 0 radical (unpaired) electrons. The highest BCUT2D eigenvalue weighted by Gasteiger charge is 2.16. The van der Waals surface area contributed by atoms with Gasteiger partial charge in [0.2, 0.25) is 0 Å². The third-order valence-corrected chi connectivity index (χ3v) is 3.80. The molecule has 0 spiro atoms. The van der Waals surface area contributed by atoms with Crippen LogP contribution in [-0.2, 0) is 6.54 Å². The van der Waals surface area contributed by atoms with Crippen molar-refractivity contribution in [1.82, 2.24) is 0 Å². The Morgan fingerprint density at radius 3 is 2.67 bits per heavy atom. The highest BCUT2D eigenvalue weighted by atomic mass is 32.2. The van der Waals surface area contributed by atoms with Gasteiger partial charge in [-0.2, -0.15) is 0 Å². The van der Waals surface area contributed by atoms with Crippen molar-refractivity contribution in [2.45, 2.75) is 24.3 Å². The first-order chi connectivity index (χ1) is 7.36. The molecular weight excluding hydrogens is 204 g/mol. The second kappa shape index (κ2) is 4.90. The van der Waals surface area contributed by atoms with Crippen molar-refractivity contribution in [2.75, 3.05) is 24.2 Å². The lowest BCUT2D eigenvalue weighted by atomic mass is 10.1. The van der Waals surface area contributed by atoms with E-state index in [1.807, 2.05) is 0 Å². The summed E-state index contributed by atoms with van der Waals surface area (Å²) in [4.78, 5) is 3.78. The van der Waals surface area contributed by atoms with E-state index in [-0.39, 0.29) is 0 Å². The zero-order valence-corrected chi connectivity index (χ0v) is 10.0. The third-order valence-electron chi connectivity index (χ3n) is 2.98. The maximum Gasteiger partial charge on any atom is 0.0423 e. The Balaban J connectivity index is 2.36. The van der Waals surface area contributed by atoms with E-state index >= 15 is 0 Å². The molecule has 0 aromatic heterocycles. The van der Waals surface area contributed by atoms with Crippen molar-refractivity contribution < 1.29 is 0 Å². The van der Waals surface area contributed by atoms with E-state index in [1.54, 1.807) is 11.8 Å². The number of anilines is 1. The lowest BCUT2D eigenvalue weighted by Crippen LogP contribution is -2.20. The molecule has 0 amide bonds. The fraction of sp³-hybridized carbons (Fsp3) is 0.500. The minimum atomic E-state index is 0.642. The van der Waals surface area contributed by atoms with Gasteiger partial charge in [-0.1, -0.05) is 6.07 Å². The van der Waals surface area contributed by atoms with Gasteiger partial charge in [0.15, 0.2) is 0 Å². The first-order valence-corrected chi connectivity index (χ1v) is 6.70. The minimum absolute atomic E-state index is 0.642. The van der Waals surface area contributed by atoms with Crippen molar-refractivity contribution >= 4 is 17.4 Å². The van der Waals surface area contributed by atoms with Crippen molar-refractivity contribution in [3.63, 3.8) is 0 Å². The first kappa shape index (κ1) is 10.8. The summed E-state index contributed by atoms with van der Waals surface area (Å²) in [6, 6.07) is 6.50. The van der Waals surface area contributed by atoms with Crippen LogP contribution < -0.4 is 10.6 Å². The number of rotatable bonds is 3. The summed E-state index contributed by atoms with van der Waals surface area (Å²) in [5.74, 6) is 0. The third kappa shape index (κ3) is 2.13. The Hall–Kier alpha value is -0.670. The zero-order chi connectivity index (χ0) is 10.7. The van der Waals surface area contributed by atoms with E-state index in [2.05, 4.69) is 29.4 Å². The predicted octanol–water partition coefficient (Wildman–Crippen LogP) is 2.47. The average Bonchev–Trinajstić information content (AvgIpc) is 2.81. The fourth-order valence-corrected chi connectivity index (χ4v) is 2.85. The minimum Gasteiger partial charge on any atom is -0.371 e. The maximum absolute atomic E-state index is 5.85. The molecule has 0 unspecified atom stereocenters. The van der Waals surface area contributed by atoms with Crippen LogP contribution >= 0.6 is 11.8 Å². The number of nitrogens with two attached hydrogens (primary N) is 1. The van der Waals surface area contributed by atoms with Crippen molar-refractivity contribution in [2.24, 2.45) is 5.73 Å². The molecule has 3 heteroatoms. The van der Waals surface area contributed by atoms with Crippen molar-refractivity contribution in [3.8, 4) is 0 Å². The predicted molar refractivity (Wildman–Crippen MR) is 67.6 cm³/mol. The average molecular weight is 222 g/mol. The van der Waals surface area contributed by atoms with Gasteiger partial charge in [0, 0.05) is 35.8 Å². The Bertz CT molecular complexity index is 332. The van der Waals surface area contributed by atoms with Gasteiger partial charge in [0.25, 0.3) is 0 Å². The molecule has 2 rings (SSSR count). The monoisotopic (exact) mass is 222 g/mol. The topological polar surface area (TPSA) is 29.3 Å². The quantitative estimate of drug-likeness (QED) is 0.797. The van der Waals surface area contributed by atoms with E-state index in [9.17, 15) is 0 Å². The molecule has 2 N–H and O–H groups in total. The van der Waals surface area contributed by atoms with Gasteiger partial charge in [-0.15, -0.1) is 11.8 Å². The molecule has 0 bridgehead atoms. The molecule has 0 saturated carbocycles. The van der Waals surface area contributed by atoms with Gasteiger partial charge in [0.05, 0.1) is 0 Å². The molecule has 15 heavy (non-hydrogen) atoms. The van der Waals surface area contributed by atoms with Crippen LogP contribution in [0.15, 0.2) is 23.1 Å². The van der Waals surface area contributed by atoms with Crippen LogP contribution in [-0.4, -0.2) is 19.3 Å². The Morgan fingerprint density at radius 1 is 1.33 bits per heavy atom. The smallest absolute Gasteiger partial charge is 0.0423 e. The molecular formula is C12H18N2S. The van der Waals surface area contributed by atoms with E-state index in [0.29, 0.717) is 6.54 Å². The zero-order valence-electron chi connectivity index (χ0n) is 9.20. The SMILES string of the molecule is CSc1cccc(N2CCCC2)c1CN. The summed E-state index contributed by atoms with van der Waals surface area (Å²) in [5, 5.41) is 0. The van der Waals surface area contributed by atoms with Crippen LogP contribution in [0.5, 0.6) is 0 Å². The summed E-state index contributed by atoms with van der Waals surface area (Å²) in [6.45, 7) is 3.01. The van der Waals surface area contributed by atoms with Crippen LogP contribution in [0.1, 0.15) is 18.4 Å². The summed E-state index contributed by atoms with van der Waals surface area (Å²) in [6.07, 6.45) is 4.74. The lowest BCUT2D eigenvalue weighted by Gasteiger charge is -2.22. The van der Waals surface area contributed by atoms with E-state index in [0.717, 1.165) is 0 Å².